The second kappa shape index (κ2) is 3.00. The lowest BCUT2D eigenvalue weighted by Crippen LogP contribution is -2.30. The van der Waals surface area contributed by atoms with Crippen LogP contribution < -0.4 is 0 Å². The number of aliphatic hydroxyl groups is 1. The first-order valence-electron chi connectivity index (χ1n) is 4.67. The van der Waals surface area contributed by atoms with Crippen LogP contribution in [-0.4, -0.2) is 23.9 Å². The minimum Gasteiger partial charge on any atom is -0.400 e. The van der Waals surface area contributed by atoms with Gasteiger partial charge in [-0.05, 0) is 31.6 Å². The Morgan fingerprint density at radius 2 is 1.75 bits per heavy atom. The number of hydrogen-bond acceptors (Lipinski definition) is 2. The van der Waals surface area contributed by atoms with Gasteiger partial charge >= 0.3 is 0 Å². The summed E-state index contributed by atoms with van der Waals surface area (Å²) in [6.45, 7) is 6.89. The highest BCUT2D eigenvalue weighted by Crippen LogP contribution is 2.55. The average Bonchev–Trinajstić information content (AvgIpc) is 2.67. The number of aliphatic hydroxyl groups excluding tert-OH is 1. The summed E-state index contributed by atoms with van der Waals surface area (Å²) in [5.41, 5.74) is 0.731. The molecule has 0 spiro atoms. The van der Waals surface area contributed by atoms with Crippen LogP contribution in [0.25, 0.3) is 0 Å². The molecule has 0 bridgehead atoms. The van der Waals surface area contributed by atoms with Crippen molar-refractivity contribution in [1.82, 2.24) is 0 Å². The Kier molecular flexibility index (Phi) is 2.50. The number of hydrogen-bond donors (Lipinski definition) is 1. The van der Waals surface area contributed by atoms with Gasteiger partial charge in [-0.25, -0.2) is 0 Å². The molecule has 72 valence electrons. The lowest BCUT2D eigenvalue weighted by atomic mass is 9.73. The predicted octanol–water partition coefficient (Wildman–Crippen LogP) is 1.96. The first kappa shape index (κ1) is 10.0. The van der Waals surface area contributed by atoms with Crippen molar-refractivity contribution in [2.45, 2.75) is 51.7 Å². The highest BCUT2D eigenvalue weighted by molar-refractivity contribution is 5.09. The van der Waals surface area contributed by atoms with Gasteiger partial charge in [0.15, 0.2) is 0 Å². The summed E-state index contributed by atoms with van der Waals surface area (Å²) in [4.78, 5) is 0. The van der Waals surface area contributed by atoms with Gasteiger partial charge in [-0.1, -0.05) is 13.8 Å². The van der Waals surface area contributed by atoms with Crippen molar-refractivity contribution in [3.63, 3.8) is 0 Å². The van der Waals surface area contributed by atoms with Crippen LogP contribution in [0.4, 0.5) is 0 Å². The molecule has 0 amide bonds. The Bertz CT molecular complexity index is 165. The Balaban J connectivity index is 0.000000336. The third-order valence-electron chi connectivity index (χ3n) is 3.09. The van der Waals surface area contributed by atoms with Crippen LogP contribution in [0.5, 0.6) is 0 Å². The van der Waals surface area contributed by atoms with Crippen LogP contribution in [0.2, 0.25) is 0 Å². The Morgan fingerprint density at radius 1 is 1.17 bits per heavy atom. The van der Waals surface area contributed by atoms with E-state index in [2.05, 4.69) is 20.8 Å². The minimum atomic E-state index is 0.280. The molecule has 1 saturated carbocycles. The van der Waals surface area contributed by atoms with Gasteiger partial charge in [-0.3, -0.25) is 0 Å². The van der Waals surface area contributed by atoms with E-state index in [0.717, 1.165) is 7.11 Å². The zero-order valence-electron chi connectivity index (χ0n) is 8.55. The van der Waals surface area contributed by atoms with Crippen LogP contribution in [0.15, 0.2) is 0 Å². The summed E-state index contributed by atoms with van der Waals surface area (Å²) in [6, 6.07) is 0. The standard InChI is InChI=1S/C9H16O.CH4O/c1-8(2)5-4-6-9(3)7(8)10-9;1-2/h7H,4-6H2,1-3H3;2H,1H3. The largest absolute Gasteiger partial charge is 0.400 e. The average molecular weight is 172 g/mol. The summed E-state index contributed by atoms with van der Waals surface area (Å²) in [7, 11) is 1.00. The van der Waals surface area contributed by atoms with Crippen molar-refractivity contribution in [2.24, 2.45) is 5.41 Å². The number of rotatable bonds is 0. The second-order valence-electron chi connectivity index (χ2n) is 4.65. The van der Waals surface area contributed by atoms with Gasteiger partial charge in [-0.15, -0.1) is 0 Å². The number of ether oxygens (including phenoxy) is 1. The molecule has 2 atom stereocenters. The van der Waals surface area contributed by atoms with Crippen molar-refractivity contribution in [3.05, 3.63) is 0 Å². The van der Waals surface area contributed by atoms with Crippen LogP contribution in [0, 0.1) is 5.41 Å². The van der Waals surface area contributed by atoms with Gasteiger partial charge in [0.1, 0.15) is 0 Å². The molecule has 0 radical (unpaired) electrons. The third-order valence-corrected chi connectivity index (χ3v) is 3.09. The smallest absolute Gasteiger partial charge is 0.0926 e. The lowest BCUT2D eigenvalue weighted by Gasteiger charge is -2.28. The molecule has 1 aliphatic carbocycles. The fourth-order valence-electron chi connectivity index (χ4n) is 2.44. The molecule has 1 N–H and O–H groups in total. The van der Waals surface area contributed by atoms with Gasteiger partial charge in [-0.2, -0.15) is 0 Å². The van der Waals surface area contributed by atoms with Gasteiger partial charge in [0, 0.05) is 7.11 Å². The van der Waals surface area contributed by atoms with E-state index < -0.39 is 0 Å². The van der Waals surface area contributed by atoms with Crippen molar-refractivity contribution in [3.8, 4) is 0 Å². The maximum Gasteiger partial charge on any atom is 0.0926 e. The highest BCUT2D eigenvalue weighted by atomic mass is 16.6. The Hall–Kier alpha value is -0.0800. The summed E-state index contributed by atoms with van der Waals surface area (Å²) < 4.78 is 5.68. The fourth-order valence-corrected chi connectivity index (χ4v) is 2.44. The van der Waals surface area contributed by atoms with E-state index in [1.54, 1.807) is 0 Å². The predicted molar refractivity (Wildman–Crippen MR) is 49.1 cm³/mol. The molecule has 2 rings (SSSR count). The maximum atomic E-state index is 7.00. The zero-order valence-corrected chi connectivity index (χ0v) is 8.55. The van der Waals surface area contributed by atoms with E-state index in [-0.39, 0.29) is 5.60 Å². The molecular weight excluding hydrogens is 152 g/mol. The van der Waals surface area contributed by atoms with E-state index in [9.17, 15) is 0 Å². The van der Waals surface area contributed by atoms with Crippen molar-refractivity contribution in [1.29, 1.82) is 0 Å². The van der Waals surface area contributed by atoms with Crippen LogP contribution in [0.3, 0.4) is 0 Å². The summed E-state index contributed by atoms with van der Waals surface area (Å²) in [5, 5.41) is 7.00. The third kappa shape index (κ3) is 1.50. The fraction of sp³-hybridized carbons (Fsp3) is 1.00. The number of epoxide rings is 1. The quantitative estimate of drug-likeness (QED) is 0.567. The molecule has 2 nitrogen and oxygen atoms in total. The molecule has 2 aliphatic rings. The van der Waals surface area contributed by atoms with Crippen molar-refractivity contribution >= 4 is 0 Å². The molecule has 2 unspecified atom stereocenters. The summed E-state index contributed by atoms with van der Waals surface area (Å²) in [5.74, 6) is 0. The topological polar surface area (TPSA) is 32.8 Å². The van der Waals surface area contributed by atoms with Gasteiger partial charge in [0.2, 0.25) is 0 Å². The zero-order chi connectivity index (χ0) is 9.41. The second-order valence-corrected chi connectivity index (χ2v) is 4.65. The van der Waals surface area contributed by atoms with Crippen molar-refractivity contribution < 1.29 is 9.84 Å². The maximum absolute atomic E-state index is 7.00. The molecule has 12 heavy (non-hydrogen) atoms. The van der Waals surface area contributed by atoms with Crippen LogP contribution >= 0.6 is 0 Å². The van der Waals surface area contributed by atoms with Gasteiger partial charge in [0.05, 0.1) is 11.7 Å². The molecule has 1 heterocycles. The lowest BCUT2D eigenvalue weighted by molar-refractivity contribution is 0.229. The van der Waals surface area contributed by atoms with Gasteiger partial charge in [0.25, 0.3) is 0 Å². The molecule has 1 saturated heterocycles. The molecule has 2 fully saturated rings. The normalized spacial score (nSPS) is 42.2. The number of fused-ring (bicyclic) bond motifs is 1. The van der Waals surface area contributed by atoms with Crippen LogP contribution in [0.1, 0.15) is 40.0 Å². The van der Waals surface area contributed by atoms with E-state index in [1.807, 2.05) is 0 Å². The molecule has 1 aliphatic heterocycles. The molecule has 0 aromatic carbocycles. The summed E-state index contributed by atoms with van der Waals surface area (Å²) >= 11 is 0. The van der Waals surface area contributed by atoms with E-state index in [4.69, 9.17) is 9.84 Å². The van der Waals surface area contributed by atoms with E-state index >= 15 is 0 Å². The summed E-state index contributed by atoms with van der Waals surface area (Å²) in [6.07, 6.45) is 4.53. The molecule has 0 aromatic heterocycles. The first-order chi connectivity index (χ1) is 5.55. The van der Waals surface area contributed by atoms with E-state index in [0.29, 0.717) is 11.5 Å². The Labute approximate surface area is 74.9 Å². The molecule has 2 heteroatoms. The first-order valence-corrected chi connectivity index (χ1v) is 4.67. The molecule has 0 aromatic rings. The van der Waals surface area contributed by atoms with Crippen LogP contribution in [-0.2, 0) is 4.74 Å². The van der Waals surface area contributed by atoms with E-state index in [1.165, 1.54) is 19.3 Å². The molecular formula is C10H20O2. The Morgan fingerprint density at radius 3 is 2.17 bits per heavy atom. The van der Waals surface area contributed by atoms with Crippen molar-refractivity contribution in [2.75, 3.05) is 7.11 Å². The minimum absolute atomic E-state index is 0.280. The van der Waals surface area contributed by atoms with Gasteiger partial charge < -0.3 is 9.84 Å². The SMILES string of the molecule is CC1(C)CCCC2(C)OC12.CO. The monoisotopic (exact) mass is 172 g/mol. The highest BCUT2D eigenvalue weighted by Gasteiger charge is 2.61.